The highest BCUT2D eigenvalue weighted by Gasteiger charge is 2.20. The van der Waals surface area contributed by atoms with E-state index in [4.69, 9.17) is 22.7 Å². The molecule has 0 spiro atoms. The highest BCUT2D eigenvalue weighted by molar-refractivity contribution is 7.80. The number of ether oxygens (including phenoxy) is 1. The molecule has 98 valence electrons. The molecular weight excluding hydrogens is 246 g/mol. The number of thiocarbonyl (C=S) groups is 1. The van der Waals surface area contributed by atoms with Gasteiger partial charge in [0.1, 0.15) is 4.99 Å². The summed E-state index contributed by atoms with van der Waals surface area (Å²) in [7, 11) is 0. The smallest absolute Gasteiger partial charge is 0.122 e. The zero-order valence-electron chi connectivity index (χ0n) is 10.6. The van der Waals surface area contributed by atoms with E-state index in [0.29, 0.717) is 22.6 Å². The van der Waals surface area contributed by atoms with Crippen LogP contribution < -0.4 is 11.1 Å². The second kappa shape index (κ2) is 6.11. The number of nitrogens with one attached hydrogen (secondary N) is 1. The lowest BCUT2D eigenvalue weighted by Crippen LogP contribution is -2.31. The third-order valence-electron chi connectivity index (χ3n) is 3.38. The molecule has 5 heteroatoms. The Kier molecular flexibility index (Phi) is 4.49. The average Bonchev–Trinajstić information content (AvgIpc) is 2.40. The minimum absolute atomic E-state index is 0.331. The van der Waals surface area contributed by atoms with E-state index in [9.17, 15) is 0 Å². The molecule has 1 aromatic rings. The van der Waals surface area contributed by atoms with Crippen LogP contribution in [-0.4, -0.2) is 29.2 Å². The molecule has 4 nitrogen and oxygen atoms in total. The van der Waals surface area contributed by atoms with Crippen molar-refractivity contribution in [1.82, 2.24) is 4.98 Å². The third-order valence-corrected chi connectivity index (χ3v) is 3.59. The molecule has 0 amide bonds. The van der Waals surface area contributed by atoms with Crippen LogP contribution in [0.4, 0.5) is 5.69 Å². The maximum Gasteiger partial charge on any atom is 0.122 e. The van der Waals surface area contributed by atoms with E-state index in [2.05, 4.69) is 17.2 Å². The standard InChI is InChI=1S/C13H19N3OS/c1-9(10-3-6-17-7-4-10)16-11-2-5-15-12(8-11)13(14)18/h2,5,8-10H,3-4,6-7H2,1H3,(H2,14,18)(H,15,16). The Morgan fingerprint density at radius 3 is 2.94 bits per heavy atom. The summed E-state index contributed by atoms with van der Waals surface area (Å²) < 4.78 is 5.38. The first-order valence-electron chi connectivity index (χ1n) is 6.27. The average molecular weight is 265 g/mol. The molecule has 1 fully saturated rings. The highest BCUT2D eigenvalue weighted by atomic mass is 32.1. The number of nitrogens with two attached hydrogens (primary N) is 1. The van der Waals surface area contributed by atoms with Gasteiger partial charge in [-0.25, -0.2) is 0 Å². The van der Waals surface area contributed by atoms with Crippen molar-refractivity contribution < 1.29 is 4.74 Å². The monoisotopic (exact) mass is 265 g/mol. The van der Waals surface area contributed by atoms with Gasteiger partial charge in [-0.05, 0) is 37.8 Å². The molecular formula is C13H19N3OS. The Morgan fingerprint density at radius 2 is 2.28 bits per heavy atom. The highest BCUT2D eigenvalue weighted by Crippen LogP contribution is 2.21. The van der Waals surface area contributed by atoms with Gasteiger partial charge < -0.3 is 15.8 Å². The maximum atomic E-state index is 5.58. The lowest BCUT2D eigenvalue weighted by atomic mass is 9.93. The molecule has 1 atom stereocenters. The Bertz CT molecular complexity index is 418. The van der Waals surface area contributed by atoms with Crippen LogP contribution >= 0.6 is 12.2 Å². The molecule has 1 aliphatic heterocycles. The van der Waals surface area contributed by atoms with E-state index < -0.39 is 0 Å². The summed E-state index contributed by atoms with van der Waals surface area (Å²) in [5.74, 6) is 0.653. The van der Waals surface area contributed by atoms with Gasteiger partial charge >= 0.3 is 0 Å². The van der Waals surface area contributed by atoms with Crippen molar-refractivity contribution >= 4 is 22.9 Å². The normalized spacial score (nSPS) is 18.3. The zero-order valence-corrected chi connectivity index (χ0v) is 11.4. The van der Waals surface area contributed by atoms with Gasteiger partial charge in [-0.3, -0.25) is 4.98 Å². The van der Waals surface area contributed by atoms with Crippen LogP contribution in [0.15, 0.2) is 18.3 Å². The van der Waals surface area contributed by atoms with Crippen LogP contribution in [0.1, 0.15) is 25.5 Å². The number of hydrogen-bond acceptors (Lipinski definition) is 4. The van der Waals surface area contributed by atoms with Crippen LogP contribution in [0, 0.1) is 5.92 Å². The number of aromatic nitrogens is 1. The van der Waals surface area contributed by atoms with Gasteiger partial charge in [-0.1, -0.05) is 12.2 Å². The molecule has 2 heterocycles. The van der Waals surface area contributed by atoms with Gasteiger partial charge in [0, 0.05) is 31.1 Å². The van der Waals surface area contributed by atoms with Crippen LogP contribution in [0.5, 0.6) is 0 Å². The lowest BCUT2D eigenvalue weighted by molar-refractivity contribution is 0.0622. The predicted octanol–water partition coefficient (Wildman–Crippen LogP) is 1.94. The van der Waals surface area contributed by atoms with Crippen molar-refractivity contribution in [3.63, 3.8) is 0 Å². The van der Waals surface area contributed by atoms with Crippen molar-refractivity contribution in [2.24, 2.45) is 11.7 Å². The van der Waals surface area contributed by atoms with Gasteiger partial charge in [0.25, 0.3) is 0 Å². The van der Waals surface area contributed by atoms with E-state index in [-0.39, 0.29) is 0 Å². The molecule has 0 radical (unpaired) electrons. The summed E-state index contributed by atoms with van der Waals surface area (Å²) in [4.78, 5) is 4.46. The first kappa shape index (κ1) is 13.2. The minimum Gasteiger partial charge on any atom is -0.388 e. The molecule has 18 heavy (non-hydrogen) atoms. The number of rotatable bonds is 4. The second-order valence-corrected chi connectivity index (χ2v) is 5.12. The summed E-state index contributed by atoms with van der Waals surface area (Å²) >= 11 is 4.93. The van der Waals surface area contributed by atoms with Crippen LogP contribution in [0.2, 0.25) is 0 Å². The number of anilines is 1. The summed E-state index contributed by atoms with van der Waals surface area (Å²) in [5.41, 5.74) is 7.26. The lowest BCUT2D eigenvalue weighted by Gasteiger charge is -2.29. The molecule has 1 saturated heterocycles. The predicted molar refractivity (Wildman–Crippen MR) is 76.8 cm³/mol. The first-order chi connectivity index (χ1) is 8.66. The molecule has 0 aromatic carbocycles. The van der Waals surface area contributed by atoms with Crippen molar-refractivity contribution in [2.45, 2.75) is 25.8 Å². The maximum absolute atomic E-state index is 5.58. The summed E-state index contributed by atoms with van der Waals surface area (Å²) in [5, 5.41) is 3.50. The molecule has 0 bridgehead atoms. The summed E-state index contributed by atoms with van der Waals surface area (Å²) in [6.07, 6.45) is 3.95. The van der Waals surface area contributed by atoms with E-state index >= 15 is 0 Å². The van der Waals surface area contributed by atoms with Gasteiger partial charge in [0.15, 0.2) is 0 Å². The largest absolute Gasteiger partial charge is 0.388 e. The molecule has 1 aromatic heterocycles. The van der Waals surface area contributed by atoms with Crippen molar-refractivity contribution in [3.05, 3.63) is 24.0 Å². The van der Waals surface area contributed by atoms with Crippen LogP contribution in [0.25, 0.3) is 0 Å². The third kappa shape index (κ3) is 3.40. The molecule has 3 N–H and O–H groups in total. The van der Waals surface area contributed by atoms with Crippen LogP contribution in [0.3, 0.4) is 0 Å². The Morgan fingerprint density at radius 1 is 1.56 bits per heavy atom. The van der Waals surface area contributed by atoms with E-state index in [1.54, 1.807) is 6.20 Å². The van der Waals surface area contributed by atoms with Gasteiger partial charge in [-0.2, -0.15) is 0 Å². The molecule has 2 rings (SSSR count). The Balaban J connectivity index is 1.99. The SMILES string of the molecule is CC(Nc1ccnc(C(N)=S)c1)C1CCOCC1. The number of hydrogen-bond donors (Lipinski definition) is 2. The molecule has 0 aliphatic carbocycles. The Labute approximate surface area is 113 Å². The van der Waals surface area contributed by atoms with E-state index in [0.717, 1.165) is 31.7 Å². The molecule has 1 unspecified atom stereocenters. The second-order valence-electron chi connectivity index (χ2n) is 4.68. The van der Waals surface area contributed by atoms with Crippen molar-refractivity contribution in [2.75, 3.05) is 18.5 Å². The minimum atomic E-state index is 0.331. The van der Waals surface area contributed by atoms with Crippen molar-refractivity contribution in [1.29, 1.82) is 0 Å². The zero-order chi connectivity index (χ0) is 13.0. The molecule has 1 aliphatic rings. The summed E-state index contributed by atoms with van der Waals surface area (Å²) in [6, 6.07) is 4.26. The fourth-order valence-corrected chi connectivity index (χ4v) is 2.36. The Hall–Kier alpha value is -1.20. The van der Waals surface area contributed by atoms with Gasteiger partial charge in [0.2, 0.25) is 0 Å². The number of pyridine rings is 1. The van der Waals surface area contributed by atoms with Gasteiger partial charge in [-0.15, -0.1) is 0 Å². The quantitative estimate of drug-likeness (QED) is 0.815. The number of nitrogens with zero attached hydrogens (tertiary/aromatic N) is 1. The first-order valence-corrected chi connectivity index (χ1v) is 6.68. The summed E-state index contributed by atoms with van der Waals surface area (Å²) in [6.45, 7) is 3.94. The van der Waals surface area contributed by atoms with E-state index in [1.807, 2.05) is 12.1 Å². The fraction of sp³-hybridized carbons (Fsp3) is 0.538. The van der Waals surface area contributed by atoms with Crippen LogP contribution in [-0.2, 0) is 4.74 Å². The fourth-order valence-electron chi connectivity index (χ4n) is 2.25. The van der Waals surface area contributed by atoms with Gasteiger partial charge in [0.05, 0.1) is 5.69 Å². The molecule has 0 saturated carbocycles. The topological polar surface area (TPSA) is 60.2 Å². The van der Waals surface area contributed by atoms with E-state index in [1.165, 1.54) is 0 Å². The van der Waals surface area contributed by atoms with Crippen molar-refractivity contribution in [3.8, 4) is 0 Å².